The van der Waals surface area contributed by atoms with Crippen LogP contribution in [-0.2, 0) is 22.4 Å². The molecule has 152 valence electrons. The lowest BCUT2D eigenvalue weighted by molar-refractivity contribution is -0.137. The van der Waals surface area contributed by atoms with E-state index >= 15 is 0 Å². The van der Waals surface area contributed by atoms with Gasteiger partial charge in [-0.3, -0.25) is 4.79 Å². The summed E-state index contributed by atoms with van der Waals surface area (Å²) >= 11 is 0. The van der Waals surface area contributed by atoms with E-state index in [1.54, 1.807) is 0 Å². The third-order valence-electron chi connectivity index (χ3n) is 4.38. The van der Waals surface area contributed by atoms with Gasteiger partial charge in [0.05, 0.1) is 0 Å². The second kappa shape index (κ2) is 12.2. The van der Waals surface area contributed by atoms with Crippen molar-refractivity contribution in [2.24, 2.45) is 0 Å². The van der Waals surface area contributed by atoms with Gasteiger partial charge >= 0.3 is 5.97 Å². The van der Waals surface area contributed by atoms with Gasteiger partial charge in [0, 0.05) is 19.6 Å². The van der Waals surface area contributed by atoms with Gasteiger partial charge in [-0.25, -0.2) is 0 Å². The molecule has 0 radical (unpaired) electrons. The molecule has 1 N–H and O–H groups in total. The fourth-order valence-electron chi connectivity index (χ4n) is 2.99. The Morgan fingerprint density at radius 3 is 2.46 bits per heavy atom. The molecule has 1 atom stereocenters. The molecule has 2 rings (SSSR count). The van der Waals surface area contributed by atoms with E-state index in [-0.39, 0.29) is 12.5 Å². The Hall–Kier alpha value is -2.37. The first kappa shape index (κ1) is 21.9. The Labute approximate surface area is 167 Å². The fraction of sp³-hybridized carbons (Fsp3) is 0.435. The number of hydrogen-bond acceptors (Lipinski definition) is 4. The minimum absolute atomic E-state index is 0.106. The van der Waals surface area contributed by atoms with E-state index in [9.17, 15) is 4.79 Å². The van der Waals surface area contributed by atoms with E-state index < -0.39 is 5.97 Å². The average molecular weight is 386 g/mol. The summed E-state index contributed by atoms with van der Waals surface area (Å²) in [5.41, 5.74) is 2.49. The Bertz CT molecular complexity index is 703. The first-order valence-electron chi connectivity index (χ1n) is 9.77. The van der Waals surface area contributed by atoms with Crippen molar-refractivity contribution >= 4 is 5.97 Å². The van der Waals surface area contributed by atoms with Crippen LogP contribution in [0.25, 0.3) is 0 Å². The maximum Gasteiger partial charge on any atom is 0.303 e. The molecule has 28 heavy (non-hydrogen) atoms. The molecule has 0 saturated carbocycles. The zero-order valence-corrected chi connectivity index (χ0v) is 16.8. The van der Waals surface area contributed by atoms with Crippen LogP contribution in [0.1, 0.15) is 24.0 Å². The number of benzene rings is 2. The highest BCUT2D eigenvalue weighted by atomic mass is 16.5. The topological polar surface area (TPSA) is 59.0 Å². The third kappa shape index (κ3) is 8.55. The number of carbonyl (C=O) groups is 1. The lowest BCUT2D eigenvalue weighted by Crippen LogP contribution is -2.33. The molecule has 2 aromatic rings. The van der Waals surface area contributed by atoms with Crippen molar-refractivity contribution in [1.82, 2.24) is 4.90 Å². The number of likely N-dealkylation sites (N-methyl/N-ethyl adjacent to an activating group) is 1. The Kier molecular flexibility index (Phi) is 9.52. The number of ether oxygens (including phenoxy) is 2. The standard InChI is InChI=1S/C23H31NO4/c1-24(2)17-21(27-16-8-13-23(25)26)18-28-22-12-7-6-11-20(22)15-14-19-9-4-3-5-10-19/h3-7,9-12,21H,8,13-18H2,1-2H3,(H,25,26). The number of nitrogens with zero attached hydrogens (tertiary/aromatic N) is 1. The predicted molar refractivity (Wildman–Crippen MR) is 111 cm³/mol. The molecule has 0 fully saturated rings. The summed E-state index contributed by atoms with van der Waals surface area (Å²) in [6, 6.07) is 18.6. The van der Waals surface area contributed by atoms with Gasteiger partial charge in [0.25, 0.3) is 0 Å². The highest BCUT2D eigenvalue weighted by Gasteiger charge is 2.13. The maximum atomic E-state index is 10.6. The van der Waals surface area contributed by atoms with Gasteiger partial charge < -0.3 is 19.5 Å². The summed E-state index contributed by atoms with van der Waals surface area (Å²) in [5, 5.41) is 8.75. The molecule has 5 heteroatoms. The molecule has 0 heterocycles. The van der Waals surface area contributed by atoms with Gasteiger partial charge in [-0.05, 0) is 50.6 Å². The molecule has 2 aromatic carbocycles. The summed E-state index contributed by atoms with van der Waals surface area (Å²) in [6.45, 7) is 1.58. The van der Waals surface area contributed by atoms with Crippen molar-refractivity contribution in [3.8, 4) is 5.75 Å². The van der Waals surface area contributed by atoms with E-state index in [4.69, 9.17) is 14.6 Å². The Morgan fingerprint density at radius 2 is 1.75 bits per heavy atom. The smallest absolute Gasteiger partial charge is 0.303 e. The molecular formula is C23H31NO4. The minimum atomic E-state index is -0.795. The highest BCUT2D eigenvalue weighted by molar-refractivity contribution is 5.66. The first-order valence-corrected chi connectivity index (χ1v) is 9.77. The molecule has 5 nitrogen and oxygen atoms in total. The zero-order valence-electron chi connectivity index (χ0n) is 16.8. The van der Waals surface area contributed by atoms with Crippen LogP contribution < -0.4 is 4.74 Å². The normalized spacial score (nSPS) is 12.1. The lowest BCUT2D eigenvalue weighted by atomic mass is 10.0. The molecule has 0 aliphatic heterocycles. The van der Waals surface area contributed by atoms with Gasteiger partial charge in [-0.15, -0.1) is 0 Å². The molecule has 0 bridgehead atoms. The van der Waals surface area contributed by atoms with Crippen molar-refractivity contribution in [2.75, 3.05) is 33.9 Å². The van der Waals surface area contributed by atoms with Crippen LogP contribution in [0.2, 0.25) is 0 Å². The summed E-state index contributed by atoms with van der Waals surface area (Å²) in [4.78, 5) is 12.7. The molecule has 1 unspecified atom stereocenters. The van der Waals surface area contributed by atoms with E-state index in [0.717, 1.165) is 25.1 Å². The van der Waals surface area contributed by atoms with Crippen molar-refractivity contribution in [3.63, 3.8) is 0 Å². The number of aliphatic carboxylic acids is 1. The van der Waals surface area contributed by atoms with Gasteiger partial charge in [-0.2, -0.15) is 0 Å². The first-order chi connectivity index (χ1) is 13.5. The maximum absolute atomic E-state index is 10.6. The van der Waals surface area contributed by atoms with Crippen molar-refractivity contribution in [1.29, 1.82) is 0 Å². The van der Waals surface area contributed by atoms with Crippen LogP contribution in [0.3, 0.4) is 0 Å². The monoisotopic (exact) mass is 385 g/mol. The number of hydrogen-bond donors (Lipinski definition) is 1. The van der Waals surface area contributed by atoms with Gasteiger partial charge in [0.1, 0.15) is 18.5 Å². The second-order valence-electron chi connectivity index (χ2n) is 7.16. The second-order valence-corrected chi connectivity index (χ2v) is 7.16. The largest absolute Gasteiger partial charge is 0.491 e. The number of carboxylic acids is 1. The van der Waals surface area contributed by atoms with Gasteiger partial charge in [0.2, 0.25) is 0 Å². The van der Waals surface area contributed by atoms with Crippen LogP contribution in [0.15, 0.2) is 54.6 Å². The Balaban J connectivity index is 1.89. The van der Waals surface area contributed by atoms with Crippen LogP contribution in [0.4, 0.5) is 0 Å². The van der Waals surface area contributed by atoms with E-state index in [1.807, 2.05) is 43.3 Å². The summed E-state index contributed by atoms with van der Waals surface area (Å²) in [7, 11) is 3.98. The molecule has 0 saturated heterocycles. The van der Waals surface area contributed by atoms with Crippen molar-refractivity contribution < 1.29 is 19.4 Å². The van der Waals surface area contributed by atoms with Crippen molar-refractivity contribution in [2.45, 2.75) is 31.8 Å². The van der Waals surface area contributed by atoms with E-state index in [2.05, 4.69) is 30.3 Å². The number of para-hydroxylation sites is 1. The van der Waals surface area contributed by atoms with Gasteiger partial charge in [0.15, 0.2) is 0 Å². The number of aryl methyl sites for hydroxylation is 2. The fourth-order valence-corrected chi connectivity index (χ4v) is 2.99. The van der Waals surface area contributed by atoms with Crippen LogP contribution in [0.5, 0.6) is 5.75 Å². The number of carboxylic acid groups (broad SMARTS) is 1. The molecule has 0 aliphatic carbocycles. The molecule has 0 amide bonds. The van der Waals surface area contributed by atoms with E-state index in [1.165, 1.54) is 11.1 Å². The van der Waals surface area contributed by atoms with E-state index in [0.29, 0.717) is 19.6 Å². The lowest BCUT2D eigenvalue weighted by Gasteiger charge is -2.22. The Morgan fingerprint density at radius 1 is 1.04 bits per heavy atom. The highest BCUT2D eigenvalue weighted by Crippen LogP contribution is 2.20. The molecular weight excluding hydrogens is 354 g/mol. The number of rotatable bonds is 13. The quantitative estimate of drug-likeness (QED) is 0.533. The summed E-state index contributed by atoms with van der Waals surface area (Å²) in [5.74, 6) is 0.0904. The molecule has 0 aromatic heterocycles. The third-order valence-corrected chi connectivity index (χ3v) is 4.38. The zero-order chi connectivity index (χ0) is 20.2. The van der Waals surface area contributed by atoms with Crippen LogP contribution in [-0.4, -0.2) is 55.9 Å². The van der Waals surface area contributed by atoms with Gasteiger partial charge in [-0.1, -0.05) is 48.5 Å². The summed E-state index contributed by atoms with van der Waals surface area (Å²) < 4.78 is 12.0. The van der Waals surface area contributed by atoms with Crippen LogP contribution in [0, 0.1) is 0 Å². The molecule has 0 aliphatic rings. The molecule has 0 spiro atoms. The summed E-state index contributed by atoms with van der Waals surface area (Å²) in [6.07, 6.45) is 2.41. The van der Waals surface area contributed by atoms with Crippen molar-refractivity contribution in [3.05, 3.63) is 65.7 Å². The minimum Gasteiger partial charge on any atom is -0.491 e. The SMILES string of the molecule is CN(C)CC(COc1ccccc1CCc1ccccc1)OCCCC(=O)O. The van der Waals surface area contributed by atoms with Crippen LogP contribution >= 0.6 is 0 Å². The predicted octanol–water partition coefficient (Wildman–Crippen LogP) is 3.66. The average Bonchev–Trinajstić information content (AvgIpc) is 2.68.